The first kappa shape index (κ1) is 23.3. The predicted molar refractivity (Wildman–Crippen MR) is 124 cm³/mol. The van der Waals surface area contributed by atoms with E-state index in [1.165, 1.54) is 49.8 Å². The first-order chi connectivity index (χ1) is 13.9. The lowest BCUT2D eigenvalue weighted by atomic mass is 9.98. The van der Waals surface area contributed by atoms with Crippen LogP contribution in [-0.2, 0) is 40.8 Å². The summed E-state index contributed by atoms with van der Waals surface area (Å²) in [7, 11) is 3.79. The zero-order valence-electron chi connectivity index (χ0n) is 18.0. The van der Waals surface area contributed by atoms with Gasteiger partial charge in [0.05, 0.1) is 5.60 Å². The van der Waals surface area contributed by atoms with Crippen LogP contribution in [0.2, 0.25) is 0 Å². The molecule has 2 aliphatic carbocycles. The summed E-state index contributed by atoms with van der Waals surface area (Å²) < 4.78 is 5.34. The maximum Gasteiger partial charge on any atom is 0.204 e. The number of benzene rings is 2. The average molecular weight is 415 g/mol. The molecule has 3 N–H and O–H groups in total. The molecule has 2 aromatic carbocycles. The van der Waals surface area contributed by atoms with Crippen molar-refractivity contribution in [3.8, 4) is 0 Å². The first-order valence-corrected chi connectivity index (χ1v) is 10.7. The van der Waals surface area contributed by atoms with Crippen molar-refractivity contribution in [3.05, 3.63) is 58.1 Å². The van der Waals surface area contributed by atoms with Crippen molar-refractivity contribution in [1.29, 1.82) is 0 Å². The van der Waals surface area contributed by atoms with Crippen molar-refractivity contribution < 1.29 is 9.53 Å². The third-order valence-corrected chi connectivity index (χ3v) is 6.09. The van der Waals surface area contributed by atoms with E-state index < -0.39 is 0 Å². The fourth-order valence-electron chi connectivity index (χ4n) is 4.10. The molecule has 2 aromatic rings. The summed E-state index contributed by atoms with van der Waals surface area (Å²) in [6, 6.07) is 10.5. The van der Waals surface area contributed by atoms with Crippen LogP contribution in [0.1, 0.15) is 54.5 Å². The summed E-state index contributed by atoms with van der Waals surface area (Å²) in [6.45, 7) is 4.08. The van der Waals surface area contributed by atoms with E-state index >= 15 is 0 Å². The molecule has 0 radical (unpaired) electrons. The minimum atomic E-state index is -0.207. The van der Waals surface area contributed by atoms with Crippen molar-refractivity contribution >= 4 is 24.7 Å². The standard InChI is InChI=1S/C13H17N.C10H14OS.CH3NO/c1-14-13-11-6-2-4-9(11)8-10-5-3-7-12(10)13;1-10(2,11-3)8-4-6-9(12)7-5-8;2-1-3/h8,14H,2-7H2,1H3;4-7,12H,1-3H3;1H,(H2,2,3). The van der Waals surface area contributed by atoms with E-state index in [4.69, 9.17) is 9.53 Å². The monoisotopic (exact) mass is 414 g/mol. The predicted octanol–water partition coefficient (Wildman–Crippen LogP) is 4.66. The number of aryl methyl sites for hydroxylation is 2. The van der Waals surface area contributed by atoms with Crippen LogP contribution in [0, 0.1) is 0 Å². The molecule has 0 bridgehead atoms. The molecule has 0 heterocycles. The quantitative estimate of drug-likeness (QED) is 0.505. The van der Waals surface area contributed by atoms with Gasteiger partial charge in [-0.25, -0.2) is 0 Å². The van der Waals surface area contributed by atoms with E-state index in [0.29, 0.717) is 0 Å². The minimum Gasteiger partial charge on any atom is -0.388 e. The van der Waals surface area contributed by atoms with Crippen LogP contribution in [0.5, 0.6) is 0 Å². The third-order valence-electron chi connectivity index (χ3n) is 5.80. The van der Waals surface area contributed by atoms with E-state index in [0.717, 1.165) is 4.90 Å². The number of carbonyl (C=O) groups is 1. The number of rotatable bonds is 3. The van der Waals surface area contributed by atoms with Gasteiger partial charge >= 0.3 is 0 Å². The molecule has 0 unspecified atom stereocenters. The van der Waals surface area contributed by atoms with Gasteiger partial charge in [-0.05, 0) is 92.3 Å². The Bertz CT molecular complexity index is 784. The number of thiol groups is 1. The normalized spacial score (nSPS) is 14.0. The fraction of sp³-hybridized carbons (Fsp3) is 0.458. The van der Waals surface area contributed by atoms with E-state index in [9.17, 15) is 0 Å². The average Bonchev–Trinajstić information content (AvgIpc) is 3.36. The van der Waals surface area contributed by atoms with Crippen molar-refractivity contribution in [2.75, 3.05) is 19.5 Å². The van der Waals surface area contributed by atoms with Crippen LogP contribution in [0.3, 0.4) is 0 Å². The second-order valence-corrected chi connectivity index (χ2v) is 8.40. The molecule has 0 fully saturated rings. The lowest BCUT2D eigenvalue weighted by molar-refractivity contribution is -0.106. The molecule has 5 heteroatoms. The summed E-state index contributed by atoms with van der Waals surface area (Å²) in [6.07, 6.45) is 8.14. The Balaban J connectivity index is 0.000000185. The van der Waals surface area contributed by atoms with Gasteiger partial charge in [0.15, 0.2) is 0 Å². The number of nitrogens with two attached hydrogens (primary N) is 1. The maximum atomic E-state index is 8.58. The van der Waals surface area contributed by atoms with E-state index in [2.05, 4.69) is 36.8 Å². The molecule has 4 nitrogen and oxygen atoms in total. The van der Waals surface area contributed by atoms with Gasteiger partial charge in [0, 0.05) is 24.7 Å². The van der Waals surface area contributed by atoms with Crippen molar-refractivity contribution in [2.45, 2.75) is 62.9 Å². The molecule has 0 saturated carbocycles. The SMILES string of the molecule is CNc1c2c(cc3c1CCC3)CCC2.COC(C)(C)c1ccc(S)cc1.NC=O. The van der Waals surface area contributed by atoms with Gasteiger partial charge in [-0.15, -0.1) is 12.6 Å². The number of carbonyl (C=O) groups excluding carboxylic acids is 1. The number of ether oxygens (including phenoxy) is 1. The number of anilines is 1. The van der Waals surface area contributed by atoms with Gasteiger partial charge in [-0.2, -0.15) is 0 Å². The van der Waals surface area contributed by atoms with Gasteiger partial charge in [0.25, 0.3) is 0 Å². The number of hydrogen-bond acceptors (Lipinski definition) is 4. The number of nitrogens with one attached hydrogen (secondary N) is 1. The van der Waals surface area contributed by atoms with Gasteiger partial charge in [0.2, 0.25) is 6.41 Å². The number of methoxy groups -OCH3 is 1. The fourth-order valence-corrected chi connectivity index (χ4v) is 4.25. The van der Waals surface area contributed by atoms with E-state index in [1.54, 1.807) is 29.4 Å². The molecule has 0 aliphatic heterocycles. The Morgan fingerprint density at radius 3 is 1.93 bits per heavy atom. The number of fused-ring (bicyclic) bond motifs is 2. The lowest BCUT2D eigenvalue weighted by Crippen LogP contribution is -2.18. The van der Waals surface area contributed by atoms with Crippen molar-refractivity contribution in [2.24, 2.45) is 5.73 Å². The first-order valence-electron chi connectivity index (χ1n) is 10.2. The molecule has 4 rings (SSSR count). The maximum absolute atomic E-state index is 8.58. The number of hydrogen-bond donors (Lipinski definition) is 3. The van der Waals surface area contributed by atoms with Crippen LogP contribution in [0.25, 0.3) is 0 Å². The summed E-state index contributed by atoms with van der Waals surface area (Å²) in [5.41, 5.74) is 13.1. The van der Waals surface area contributed by atoms with Crippen LogP contribution < -0.4 is 11.1 Å². The van der Waals surface area contributed by atoms with Gasteiger partial charge in [-0.1, -0.05) is 18.2 Å². The van der Waals surface area contributed by atoms with Gasteiger partial charge in [0.1, 0.15) is 0 Å². The number of amides is 1. The highest BCUT2D eigenvalue weighted by Crippen LogP contribution is 2.38. The Labute approximate surface area is 180 Å². The molecule has 0 aromatic heterocycles. The highest BCUT2D eigenvalue weighted by Gasteiger charge is 2.23. The minimum absolute atomic E-state index is 0.207. The summed E-state index contributed by atoms with van der Waals surface area (Å²) >= 11 is 4.22. The van der Waals surface area contributed by atoms with Crippen LogP contribution >= 0.6 is 12.6 Å². The zero-order valence-corrected chi connectivity index (χ0v) is 18.9. The highest BCUT2D eigenvalue weighted by molar-refractivity contribution is 7.80. The molecule has 0 saturated heterocycles. The second-order valence-electron chi connectivity index (χ2n) is 7.88. The third kappa shape index (κ3) is 5.77. The Kier molecular flexibility index (Phi) is 8.60. The topological polar surface area (TPSA) is 64.3 Å². The molecular weight excluding hydrogens is 380 g/mol. The second kappa shape index (κ2) is 10.7. The van der Waals surface area contributed by atoms with Crippen LogP contribution in [0.4, 0.5) is 5.69 Å². The summed E-state index contributed by atoms with van der Waals surface area (Å²) in [5, 5.41) is 3.43. The Morgan fingerprint density at radius 1 is 1.03 bits per heavy atom. The largest absolute Gasteiger partial charge is 0.388 e. The van der Waals surface area contributed by atoms with Gasteiger partial charge < -0.3 is 15.8 Å². The van der Waals surface area contributed by atoms with E-state index in [1.807, 2.05) is 38.1 Å². The molecule has 0 atom stereocenters. The van der Waals surface area contributed by atoms with Crippen LogP contribution in [0.15, 0.2) is 35.2 Å². The summed E-state index contributed by atoms with van der Waals surface area (Å²) in [5.74, 6) is 0. The molecule has 29 heavy (non-hydrogen) atoms. The molecule has 158 valence electrons. The smallest absolute Gasteiger partial charge is 0.204 e. The van der Waals surface area contributed by atoms with E-state index in [-0.39, 0.29) is 12.0 Å². The zero-order chi connectivity index (χ0) is 21.4. The van der Waals surface area contributed by atoms with Gasteiger partial charge in [-0.3, -0.25) is 4.79 Å². The lowest BCUT2D eigenvalue weighted by Gasteiger charge is -2.23. The van der Waals surface area contributed by atoms with Crippen LogP contribution in [-0.4, -0.2) is 20.6 Å². The van der Waals surface area contributed by atoms with Crippen molar-refractivity contribution in [1.82, 2.24) is 0 Å². The molecular formula is C24H34N2O2S. The summed E-state index contributed by atoms with van der Waals surface area (Å²) in [4.78, 5) is 9.56. The molecule has 1 amide bonds. The molecule has 2 aliphatic rings. The number of primary amides is 1. The highest BCUT2D eigenvalue weighted by atomic mass is 32.1. The van der Waals surface area contributed by atoms with Crippen molar-refractivity contribution in [3.63, 3.8) is 0 Å². The Hall–Kier alpha value is -1.98. The Morgan fingerprint density at radius 2 is 1.52 bits per heavy atom. The molecule has 0 spiro atoms.